The Morgan fingerprint density at radius 3 is 2.69 bits per heavy atom. The zero-order valence-electron chi connectivity index (χ0n) is 7.13. The van der Waals surface area contributed by atoms with E-state index in [1.165, 1.54) is 0 Å². The molecule has 2 nitrogen and oxygen atoms in total. The molecule has 0 heterocycles. The predicted molar refractivity (Wildman–Crippen MR) is 53.4 cm³/mol. The fraction of sp³-hybridized carbons (Fsp3) is 0.333. The van der Waals surface area contributed by atoms with Gasteiger partial charge in [0.15, 0.2) is 6.29 Å². The lowest BCUT2D eigenvalue weighted by Crippen LogP contribution is -2.13. The highest BCUT2D eigenvalue weighted by Crippen LogP contribution is 2.28. The van der Waals surface area contributed by atoms with E-state index in [2.05, 4.69) is 0 Å². The number of aliphatic hydroxyl groups is 1. The molecule has 1 aromatic rings. The van der Waals surface area contributed by atoms with Crippen LogP contribution in [0.4, 0.5) is 0 Å². The van der Waals surface area contributed by atoms with Gasteiger partial charge in [-0.2, -0.15) is 0 Å². The molecule has 1 aromatic carbocycles. The minimum atomic E-state index is -0.821. The molecule has 0 spiro atoms. The second-order valence-corrected chi connectivity index (χ2v) is 3.40. The molecule has 1 rings (SSSR count). The molecule has 1 atom stereocenters. The van der Waals surface area contributed by atoms with Crippen LogP contribution < -0.4 is 4.74 Å². The first-order valence-electron chi connectivity index (χ1n) is 3.93. The highest BCUT2D eigenvalue weighted by molar-refractivity contribution is 6.35. The third-order valence-corrected chi connectivity index (χ3v) is 2.04. The van der Waals surface area contributed by atoms with Crippen LogP contribution >= 0.6 is 23.2 Å². The summed E-state index contributed by atoms with van der Waals surface area (Å²) in [7, 11) is 0. The van der Waals surface area contributed by atoms with Gasteiger partial charge in [0.05, 0.1) is 5.02 Å². The SMILES string of the molecule is CC[C@@H](O)Oc1ccc(Cl)cc1Cl. The molecule has 0 aliphatic carbocycles. The fourth-order valence-electron chi connectivity index (χ4n) is 0.801. The minimum Gasteiger partial charge on any atom is -0.464 e. The quantitative estimate of drug-likeness (QED) is 0.794. The standard InChI is InChI=1S/C9H10Cl2O2/c1-2-9(12)13-8-4-3-6(10)5-7(8)11/h3-5,9,12H,2H2,1H3/t9-/m0/s1. The lowest BCUT2D eigenvalue weighted by Gasteiger charge is -2.12. The maximum absolute atomic E-state index is 9.19. The number of aliphatic hydroxyl groups excluding tert-OH is 1. The normalized spacial score (nSPS) is 12.6. The molecule has 72 valence electrons. The first kappa shape index (κ1) is 10.6. The van der Waals surface area contributed by atoms with Crippen molar-refractivity contribution in [2.75, 3.05) is 0 Å². The number of benzene rings is 1. The monoisotopic (exact) mass is 220 g/mol. The first-order valence-corrected chi connectivity index (χ1v) is 4.69. The zero-order valence-corrected chi connectivity index (χ0v) is 8.64. The van der Waals surface area contributed by atoms with E-state index < -0.39 is 6.29 Å². The summed E-state index contributed by atoms with van der Waals surface area (Å²) in [5.74, 6) is 0.445. The van der Waals surface area contributed by atoms with Gasteiger partial charge in [-0.05, 0) is 18.2 Å². The summed E-state index contributed by atoms with van der Waals surface area (Å²) in [6, 6.07) is 4.86. The summed E-state index contributed by atoms with van der Waals surface area (Å²) in [4.78, 5) is 0. The van der Waals surface area contributed by atoms with Gasteiger partial charge in [0.25, 0.3) is 0 Å². The van der Waals surface area contributed by atoms with Gasteiger partial charge in [-0.25, -0.2) is 0 Å². The van der Waals surface area contributed by atoms with Gasteiger partial charge in [0, 0.05) is 11.4 Å². The number of halogens is 2. The average Bonchev–Trinajstić information content (AvgIpc) is 2.09. The van der Waals surface area contributed by atoms with Crippen LogP contribution in [0.25, 0.3) is 0 Å². The number of ether oxygens (including phenoxy) is 1. The van der Waals surface area contributed by atoms with E-state index in [-0.39, 0.29) is 0 Å². The Bertz CT molecular complexity index is 289. The van der Waals surface area contributed by atoms with Crippen molar-refractivity contribution in [3.8, 4) is 5.75 Å². The van der Waals surface area contributed by atoms with E-state index in [0.717, 1.165) is 0 Å². The topological polar surface area (TPSA) is 29.5 Å². The van der Waals surface area contributed by atoms with E-state index in [0.29, 0.717) is 22.2 Å². The van der Waals surface area contributed by atoms with Crippen molar-refractivity contribution in [3.63, 3.8) is 0 Å². The number of rotatable bonds is 3. The van der Waals surface area contributed by atoms with Gasteiger partial charge < -0.3 is 9.84 Å². The molecule has 4 heteroatoms. The highest BCUT2D eigenvalue weighted by Gasteiger charge is 2.06. The predicted octanol–water partition coefficient (Wildman–Crippen LogP) is 3.10. The summed E-state index contributed by atoms with van der Waals surface area (Å²) in [5.41, 5.74) is 0. The molecule has 1 N–H and O–H groups in total. The van der Waals surface area contributed by atoms with Crippen LogP contribution in [-0.2, 0) is 0 Å². The molecule has 0 aromatic heterocycles. The lowest BCUT2D eigenvalue weighted by atomic mass is 10.3. The van der Waals surface area contributed by atoms with Crippen molar-refractivity contribution in [2.24, 2.45) is 0 Å². The van der Waals surface area contributed by atoms with E-state index >= 15 is 0 Å². The summed E-state index contributed by atoms with van der Waals surface area (Å²) >= 11 is 11.5. The number of hydrogen-bond donors (Lipinski definition) is 1. The Morgan fingerprint density at radius 1 is 1.46 bits per heavy atom. The van der Waals surface area contributed by atoms with Gasteiger partial charge in [-0.3, -0.25) is 0 Å². The number of hydrogen-bond acceptors (Lipinski definition) is 2. The van der Waals surface area contributed by atoms with Crippen molar-refractivity contribution in [1.29, 1.82) is 0 Å². The third-order valence-electron chi connectivity index (χ3n) is 1.51. The molecule has 0 aliphatic rings. The molecular weight excluding hydrogens is 211 g/mol. The van der Waals surface area contributed by atoms with Gasteiger partial charge in [-0.15, -0.1) is 0 Å². The summed E-state index contributed by atoms with van der Waals surface area (Å²) < 4.78 is 5.11. The van der Waals surface area contributed by atoms with E-state index in [9.17, 15) is 5.11 Å². The third kappa shape index (κ3) is 3.07. The van der Waals surface area contributed by atoms with Crippen LogP contribution in [0, 0.1) is 0 Å². The van der Waals surface area contributed by atoms with Crippen molar-refractivity contribution >= 4 is 23.2 Å². The summed E-state index contributed by atoms with van der Waals surface area (Å²) in [5, 5.41) is 10.1. The van der Waals surface area contributed by atoms with Crippen LogP contribution in [-0.4, -0.2) is 11.4 Å². The van der Waals surface area contributed by atoms with Crippen molar-refractivity contribution in [3.05, 3.63) is 28.2 Å². The molecule has 0 fully saturated rings. The van der Waals surface area contributed by atoms with Crippen LogP contribution in [0.1, 0.15) is 13.3 Å². The van der Waals surface area contributed by atoms with Crippen molar-refractivity contribution in [1.82, 2.24) is 0 Å². The summed E-state index contributed by atoms with van der Waals surface area (Å²) in [6.45, 7) is 1.81. The molecule has 0 aliphatic heterocycles. The maximum atomic E-state index is 9.19. The highest BCUT2D eigenvalue weighted by atomic mass is 35.5. The molecule has 0 unspecified atom stereocenters. The average molecular weight is 221 g/mol. The van der Waals surface area contributed by atoms with Gasteiger partial charge in [0.2, 0.25) is 0 Å². The largest absolute Gasteiger partial charge is 0.464 e. The van der Waals surface area contributed by atoms with Crippen LogP contribution in [0.3, 0.4) is 0 Å². The molecule has 13 heavy (non-hydrogen) atoms. The second kappa shape index (κ2) is 4.70. The summed E-state index contributed by atoms with van der Waals surface area (Å²) in [6.07, 6.45) is -0.308. The Hall–Kier alpha value is -0.440. The van der Waals surface area contributed by atoms with E-state index in [1.54, 1.807) is 18.2 Å². The van der Waals surface area contributed by atoms with E-state index in [4.69, 9.17) is 27.9 Å². The maximum Gasteiger partial charge on any atom is 0.197 e. The fourth-order valence-corrected chi connectivity index (χ4v) is 1.25. The first-order chi connectivity index (χ1) is 6.13. The van der Waals surface area contributed by atoms with Gasteiger partial charge in [-0.1, -0.05) is 30.1 Å². The van der Waals surface area contributed by atoms with Crippen molar-refractivity contribution in [2.45, 2.75) is 19.6 Å². The van der Waals surface area contributed by atoms with Gasteiger partial charge in [0.1, 0.15) is 5.75 Å². The zero-order chi connectivity index (χ0) is 9.84. The van der Waals surface area contributed by atoms with Crippen LogP contribution in [0.5, 0.6) is 5.75 Å². The Balaban J connectivity index is 2.77. The molecule has 0 saturated heterocycles. The molecule has 0 radical (unpaired) electrons. The van der Waals surface area contributed by atoms with Crippen molar-refractivity contribution < 1.29 is 9.84 Å². The van der Waals surface area contributed by atoms with E-state index in [1.807, 2.05) is 6.92 Å². The minimum absolute atomic E-state index is 0.403. The lowest BCUT2D eigenvalue weighted by molar-refractivity contribution is -0.0190. The Kier molecular flexibility index (Phi) is 3.85. The Labute approximate surface area is 87.0 Å². The van der Waals surface area contributed by atoms with Crippen LogP contribution in [0.15, 0.2) is 18.2 Å². The van der Waals surface area contributed by atoms with Gasteiger partial charge >= 0.3 is 0 Å². The second-order valence-electron chi connectivity index (χ2n) is 2.56. The van der Waals surface area contributed by atoms with Crippen LogP contribution in [0.2, 0.25) is 10.0 Å². The molecule has 0 saturated carbocycles. The Morgan fingerprint density at radius 2 is 2.15 bits per heavy atom. The molecule has 0 bridgehead atoms. The molecular formula is C9H10Cl2O2. The molecule has 0 amide bonds. The smallest absolute Gasteiger partial charge is 0.197 e.